The molecule has 350 valence electrons. The van der Waals surface area contributed by atoms with Crippen LogP contribution < -0.4 is 4.90 Å². The third-order valence-electron chi connectivity index (χ3n) is 15.3. The highest BCUT2D eigenvalue weighted by molar-refractivity contribution is 6.16. The van der Waals surface area contributed by atoms with Gasteiger partial charge in [-0.2, -0.15) is 0 Å². The van der Waals surface area contributed by atoms with Crippen molar-refractivity contribution < 1.29 is 4.42 Å². The molecule has 13 aromatic carbocycles. The molecule has 0 radical (unpaired) electrons. The topological polar surface area (TPSA) is 21.3 Å². The molecule has 0 spiro atoms. The highest BCUT2D eigenvalue weighted by atomic mass is 16.3. The second kappa shape index (κ2) is 17.4. The van der Waals surface area contributed by atoms with Gasteiger partial charge in [0, 0.05) is 49.6 Å². The predicted octanol–water partition coefficient (Wildman–Crippen LogP) is 20.3. The van der Waals surface area contributed by atoms with Crippen molar-refractivity contribution in [3.63, 3.8) is 0 Å². The van der Waals surface area contributed by atoms with E-state index in [1.165, 1.54) is 59.9 Å². The molecule has 0 unspecified atom stereocenters. The van der Waals surface area contributed by atoms with Crippen molar-refractivity contribution in [3.8, 4) is 50.2 Å². The van der Waals surface area contributed by atoms with Crippen LogP contribution in [0.5, 0.6) is 0 Å². The molecule has 0 amide bonds. The minimum atomic E-state index is 0.885. The number of hydrogen-bond acceptors (Lipinski definition) is 2. The van der Waals surface area contributed by atoms with E-state index in [0.717, 1.165) is 83.5 Å². The monoisotopic (exact) mass is 954 g/mol. The maximum atomic E-state index is 6.57. The van der Waals surface area contributed by atoms with Gasteiger partial charge in [-0.3, -0.25) is 0 Å². The Hall–Kier alpha value is -9.96. The quantitative estimate of drug-likeness (QED) is 0.142. The van der Waals surface area contributed by atoms with Crippen molar-refractivity contribution in [2.75, 3.05) is 4.90 Å². The normalized spacial score (nSPS) is 11.7. The van der Waals surface area contributed by atoms with Crippen LogP contribution in [-0.2, 0) is 0 Å². The lowest BCUT2D eigenvalue weighted by molar-refractivity contribution is 0.672. The van der Waals surface area contributed by atoms with Gasteiger partial charge < -0.3 is 13.9 Å². The van der Waals surface area contributed by atoms with Gasteiger partial charge in [-0.1, -0.05) is 194 Å². The molecule has 15 aromatic rings. The number of aromatic nitrogens is 1. The molecule has 0 fully saturated rings. The molecule has 2 aromatic heterocycles. The predicted molar refractivity (Wildman–Crippen MR) is 317 cm³/mol. The van der Waals surface area contributed by atoms with E-state index < -0.39 is 0 Å². The third kappa shape index (κ3) is 7.12. The van der Waals surface area contributed by atoms with E-state index in [9.17, 15) is 0 Å². The Morgan fingerprint density at radius 2 is 0.880 bits per heavy atom. The second-order valence-corrected chi connectivity index (χ2v) is 19.6. The largest absolute Gasteiger partial charge is 0.455 e. The molecule has 0 aliphatic heterocycles. The zero-order valence-corrected chi connectivity index (χ0v) is 40.9. The average molecular weight is 955 g/mol. The first-order chi connectivity index (χ1) is 37.2. The summed E-state index contributed by atoms with van der Waals surface area (Å²) in [5.41, 5.74) is 17.7. The Kier molecular flexibility index (Phi) is 9.89. The summed E-state index contributed by atoms with van der Waals surface area (Å²) in [4.78, 5) is 2.43. The van der Waals surface area contributed by atoms with Crippen LogP contribution in [0.3, 0.4) is 0 Å². The third-order valence-corrected chi connectivity index (χ3v) is 15.3. The smallest absolute Gasteiger partial charge is 0.143 e. The number of benzene rings is 13. The van der Waals surface area contributed by atoms with E-state index in [1.54, 1.807) is 0 Å². The van der Waals surface area contributed by atoms with E-state index in [4.69, 9.17) is 4.42 Å². The zero-order valence-electron chi connectivity index (χ0n) is 40.9. The Balaban J connectivity index is 0.896. The number of anilines is 3. The summed E-state index contributed by atoms with van der Waals surface area (Å²) in [5, 5.41) is 12.0. The van der Waals surface area contributed by atoms with Gasteiger partial charge in [-0.25, -0.2) is 0 Å². The highest BCUT2D eigenvalue weighted by Gasteiger charge is 2.21. The Morgan fingerprint density at radius 3 is 1.67 bits per heavy atom. The fourth-order valence-corrected chi connectivity index (χ4v) is 11.8. The van der Waals surface area contributed by atoms with Gasteiger partial charge in [-0.05, 0) is 151 Å². The molecule has 75 heavy (non-hydrogen) atoms. The Morgan fingerprint density at radius 1 is 0.280 bits per heavy atom. The van der Waals surface area contributed by atoms with Crippen molar-refractivity contribution in [1.82, 2.24) is 4.57 Å². The van der Waals surface area contributed by atoms with Crippen molar-refractivity contribution in [1.29, 1.82) is 0 Å². The number of furan rings is 1. The van der Waals surface area contributed by atoms with Crippen LogP contribution in [0.4, 0.5) is 17.1 Å². The van der Waals surface area contributed by atoms with E-state index in [1.807, 2.05) is 0 Å². The van der Waals surface area contributed by atoms with Gasteiger partial charge in [0.1, 0.15) is 11.2 Å². The Labute approximate surface area is 434 Å². The summed E-state index contributed by atoms with van der Waals surface area (Å²) >= 11 is 0. The molecule has 2 heterocycles. The molecule has 0 aliphatic carbocycles. The first kappa shape index (κ1) is 42.7. The van der Waals surface area contributed by atoms with Crippen molar-refractivity contribution in [3.05, 3.63) is 279 Å². The first-order valence-corrected chi connectivity index (χ1v) is 25.7. The SMILES string of the molecule is c1ccc(-c2cc(-c3cc4ccccc4c4ccccc34)ccc2N(c2ccc(-c3cccc(-n4c5ccccc5c5ccccc54)c3)cc2)c2cccc(-c3ccc4oc5c6ccccc6ccc5c4c3)c2)cc1. The fourth-order valence-electron chi connectivity index (χ4n) is 11.8. The van der Waals surface area contributed by atoms with Crippen LogP contribution in [0.25, 0.3) is 126 Å². The maximum Gasteiger partial charge on any atom is 0.143 e. The van der Waals surface area contributed by atoms with Gasteiger partial charge in [0.05, 0.1) is 16.7 Å². The second-order valence-electron chi connectivity index (χ2n) is 19.6. The number of fused-ring (bicyclic) bond motifs is 11. The highest BCUT2D eigenvalue weighted by Crippen LogP contribution is 2.46. The molecule has 0 saturated carbocycles. The minimum absolute atomic E-state index is 0.885. The molecule has 15 rings (SSSR count). The van der Waals surface area contributed by atoms with E-state index >= 15 is 0 Å². The lowest BCUT2D eigenvalue weighted by Gasteiger charge is -2.29. The van der Waals surface area contributed by atoms with Gasteiger partial charge in [0.25, 0.3) is 0 Å². The summed E-state index contributed by atoms with van der Waals surface area (Å²) in [6.07, 6.45) is 0. The molecule has 3 nitrogen and oxygen atoms in total. The van der Waals surface area contributed by atoms with Gasteiger partial charge in [-0.15, -0.1) is 0 Å². The summed E-state index contributed by atoms with van der Waals surface area (Å²) < 4.78 is 8.96. The molecular formula is C72H46N2O. The van der Waals surface area contributed by atoms with Crippen molar-refractivity contribution in [2.24, 2.45) is 0 Å². The number of nitrogens with zero attached hydrogens (tertiary/aromatic N) is 2. The summed E-state index contributed by atoms with van der Waals surface area (Å²) in [6.45, 7) is 0. The van der Waals surface area contributed by atoms with Gasteiger partial charge >= 0.3 is 0 Å². The van der Waals surface area contributed by atoms with E-state index in [0.29, 0.717) is 0 Å². The lowest BCUT2D eigenvalue weighted by Crippen LogP contribution is -2.11. The van der Waals surface area contributed by atoms with E-state index in [-0.39, 0.29) is 0 Å². The standard InChI is InChI=1S/C72H46N2O/c1-2-16-48(17-3-1)66-46-54(65-45-53-19-5-6-24-58(53)60-26-8-9-27-61(60)65)35-40-70(66)73(56-22-15-21-51(43-56)52-36-41-71-67(44-52)64-39-34-49-18-4-7-25-59(49)72(64)75-71)55-37-32-47(33-38-55)50-20-14-23-57(42-50)74-68-30-12-10-28-62(68)63-29-11-13-31-69(63)74/h1-46H. The van der Waals surface area contributed by atoms with Crippen LogP contribution >= 0.6 is 0 Å². The first-order valence-electron chi connectivity index (χ1n) is 25.7. The fraction of sp³-hybridized carbons (Fsp3) is 0. The summed E-state index contributed by atoms with van der Waals surface area (Å²) in [7, 11) is 0. The molecular weight excluding hydrogens is 909 g/mol. The molecule has 0 atom stereocenters. The Bertz CT molecular complexity index is 4660. The van der Waals surface area contributed by atoms with Crippen LogP contribution in [0.2, 0.25) is 0 Å². The van der Waals surface area contributed by atoms with Crippen LogP contribution in [0, 0.1) is 0 Å². The minimum Gasteiger partial charge on any atom is -0.455 e. The number of rotatable bonds is 8. The maximum absolute atomic E-state index is 6.57. The number of hydrogen-bond donors (Lipinski definition) is 0. The van der Waals surface area contributed by atoms with Gasteiger partial charge in [0.2, 0.25) is 0 Å². The molecule has 0 bridgehead atoms. The summed E-state index contributed by atoms with van der Waals surface area (Å²) in [5.74, 6) is 0. The molecule has 0 saturated heterocycles. The average Bonchev–Trinajstić information content (AvgIpc) is 4.04. The van der Waals surface area contributed by atoms with Crippen molar-refractivity contribution >= 4 is 93.1 Å². The lowest BCUT2D eigenvalue weighted by atomic mass is 9.91. The summed E-state index contributed by atoms with van der Waals surface area (Å²) in [6, 6.07) is 102. The van der Waals surface area contributed by atoms with Crippen LogP contribution in [0.15, 0.2) is 283 Å². The molecule has 3 heteroatoms. The van der Waals surface area contributed by atoms with E-state index in [2.05, 4.69) is 289 Å². The number of para-hydroxylation sites is 2. The van der Waals surface area contributed by atoms with Crippen molar-refractivity contribution in [2.45, 2.75) is 0 Å². The molecule has 0 aliphatic rings. The van der Waals surface area contributed by atoms with Gasteiger partial charge in [0.15, 0.2) is 0 Å². The zero-order chi connectivity index (χ0) is 49.4. The molecule has 0 N–H and O–H groups in total. The van der Waals surface area contributed by atoms with Crippen LogP contribution in [-0.4, -0.2) is 4.57 Å². The van der Waals surface area contributed by atoms with Crippen LogP contribution in [0.1, 0.15) is 0 Å².